The standard InChI is InChI=1S/C26H29FN4O2/c1-18-2-7-24-23(14-18)19(16-28-24)8-9-31-17-20(15-25(31)32)26(33)30-12-10-29(11-13-30)22-5-3-21(27)4-6-22/h2-7,14,16,20,28H,8-13,15,17H2,1H3/t20-/m1/s1. The van der Waals surface area contributed by atoms with Crippen molar-refractivity contribution in [3.8, 4) is 0 Å². The number of hydrogen-bond acceptors (Lipinski definition) is 3. The molecule has 2 fully saturated rings. The Hall–Kier alpha value is -3.35. The summed E-state index contributed by atoms with van der Waals surface area (Å²) in [6.45, 7) is 5.86. The smallest absolute Gasteiger partial charge is 0.228 e. The highest BCUT2D eigenvalue weighted by atomic mass is 19.1. The van der Waals surface area contributed by atoms with E-state index in [-0.39, 0.29) is 23.5 Å². The first kappa shape index (κ1) is 21.5. The van der Waals surface area contributed by atoms with Crippen LogP contribution in [0.25, 0.3) is 10.9 Å². The van der Waals surface area contributed by atoms with E-state index in [1.54, 1.807) is 12.1 Å². The molecular weight excluding hydrogens is 419 g/mol. The molecule has 2 saturated heterocycles. The lowest BCUT2D eigenvalue weighted by Crippen LogP contribution is -2.50. The van der Waals surface area contributed by atoms with Gasteiger partial charge in [-0.25, -0.2) is 4.39 Å². The number of halogens is 1. The molecule has 2 aromatic carbocycles. The van der Waals surface area contributed by atoms with E-state index in [1.165, 1.54) is 28.6 Å². The van der Waals surface area contributed by atoms with Crippen molar-refractivity contribution in [1.29, 1.82) is 0 Å². The highest BCUT2D eigenvalue weighted by Crippen LogP contribution is 2.25. The van der Waals surface area contributed by atoms with Gasteiger partial charge in [-0.15, -0.1) is 0 Å². The van der Waals surface area contributed by atoms with Crippen LogP contribution in [0, 0.1) is 18.7 Å². The molecule has 0 saturated carbocycles. The summed E-state index contributed by atoms with van der Waals surface area (Å²) >= 11 is 0. The van der Waals surface area contributed by atoms with E-state index in [4.69, 9.17) is 0 Å². The number of nitrogens with one attached hydrogen (secondary N) is 1. The van der Waals surface area contributed by atoms with Gasteiger partial charge < -0.3 is 19.7 Å². The highest BCUT2D eigenvalue weighted by Gasteiger charge is 2.37. The Morgan fingerprint density at radius 2 is 1.85 bits per heavy atom. The minimum atomic E-state index is -0.264. The SMILES string of the molecule is Cc1ccc2[nH]cc(CCN3C[C@H](C(=O)N4CCN(c5ccc(F)cc5)CC4)CC3=O)c2c1. The van der Waals surface area contributed by atoms with Gasteiger partial charge in [0.05, 0.1) is 5.92 Å². The molecule has 172 valence electrons. The maximum atomic E-state index is 13.2. The maximum Gasteiger partial charge on any atom is 0.228 e. The zero-order valence-corrected chi connectivity index (χ0v) is 18.9. The highest BCUT2D eigenvalue weighted by molar-refractivity contribution is 5.89. The van der Waals surface area contributed by atoms with Gasteiger partial charge in [-0.05, 0) is 55.3 Å². The van der Waals surface area contributed by atoms with E-state index in [0.29, 0.717) is 45.7 Å². The van der Waals surface area contributed by atoms with Crippen molar-refractivity contribution in [2.24, 2.45) is 5.92 Å². The van der Waals surface area contributed by atoms with Gasteiger partial charge in [-0.3, -0.25) is 9.59 Å². The van der Waals surface area contributed by atoms with Crippen LogP contribution in [-0.2, 0) is 16.0 Å². The molecule has 0 aliphatic carbocycles. The topological polar surface area (TPSA) is 59.7 Å². The predicted molar refractivity (Wildman–Crippen MR) is 127 cm³/mol. The van der Waals surface area contributed by atoms with Gasteiger partial charge >= 0.3 is 0 Å². The number of aryl methyl sites for hydroxylation is 1. The van der Waals surface area contributed by atoms with Crippen LogP contribution in [0.1, 0.15) is 17.5 Å². The van der Waals surface area contributed by atoms with E-state index >= 15 is 0 Å². The van der Waals surface area contributed by atoms with Gasteiger partial charge in [0.1, 0.15) is 5.82 Å². The van der Waals surface area contributed by atoms with Crippen LogP contribution in [0.4, 0.5) is 10.1 Å². The molecule has 3 aromatic rings. The number of H-pyrrole nitrogens is 1. The first-order valence-corrected chi connectivity index (χ1v) is 11.6. The molecular formula is C26H29FN4O2. The Bertz CT molecular complexity index is 1160. The van der Waals surface area contributed by atoms with Gasteiger partial charge in [-0.2, -0.15) is 0 Å². The Balaban J connectivity index is 1.15. The molecule has 33 heavy (non-hydrogen) atoms. The summed E-state index contributed by atoms with van der Waals surface area (Å²) in [5.41, 5.74) is 4.49. The molecule has 0 radical (unpaired) electrons. The summed E-state index contributed by atoms with van der Waals surface area (Å²) in [6.07, 6.45) is 3.09. The summed E-state index contributed by atoms with van der Waals surface area (Å²) in [4.78, 5) is 34.9. The van der Waals surface area contributed by atoms with E-state index in [0.717, 1.165) is 17.6 Å². The zero-order valence-electron chi connectivity index (χ0n) is 18.9. The van der Waals surface area contributed by atoms with E-state index in [1.807, 2.05) is 16.0 Å². The van der Waals surface area contributed by atoms with Crippen LogP contribution < -0.4 is 4.90 Å². The van der Waals surface area contributed by atoms with Crippen LogP contribution in [-0.4, -0.2) is 65.9 Å². The Labute approximate surface area is 193 Å². The molecule has 7 heteroatoms. The number of benzene rings is 2. The number of aromatic amines is 1. The quantitative estimate of drug-likeness (QED) is 0.651. The summed E-state index contributed by atoms with van der Waals surface area (Å²) in [6, 6.07) is 12.8. The van der Waals surface area contributed by atoms with Crippen LogP contribution >= 0.6 is 0 Å². The molecule has 3 heterocycles. The first-order chi connectivity index (χ1) is 16.0. The zero-order chi connectivity index (χ0) is 22.9. The second-order valence-corrected chi connectivity index (χ2v) is 9.14. The van der Waals surface area contributed by atoms with Crippen molar-refractivity contribution in [2.75, 3.05) is 44.2 Å². The van der Waals surface area contributed by atoms with Crippen molar-refractivity contribution in [3.05, 3.63) is 65.6 Å². The average molecular weight is 449 g/mol. The Morgan fingerprint density at radius 1 is 1.09 bits per heavy atom. The number of hydrogen-bond donors (Lipinski definition) is 1. The van der Waals surface area contributed by atoms with Gasteiger partial charge in [0, 0.05) is 68.5 Å². The number of piperazine rings is 1. The number of carbonyl (C=O) groups is 2. The molecule has 0 spiro atoms. The molecule has 2 aliphatic heterocycles. The van der Waals surface area contributed by atoms with Crippen molar-refractivity contribution >= 4 is 28.4 Å². The molecule has 1 N–H and O–H groups in total. The van der Waals surface area contributed by atoms with Crippen molar-refractivity contribution in [2.45, 2.75) is 19.8 Å². The molecule has 1 aromatic heterocycles. The van der Waals surface area contributed by atoms with Gasteiger partial charge in [0.15, 0.2) is 0 Å². The normalized spacial score (nSPS) is 19.0. The fraction of sp³-hybridized carbons (Fsp3) is 0.385. The van der Waals surface area contributed by atoms with Gasteiger partial charge in [0.2, 0.25) is 11.8 Å². The molecule has 6 nitrogen and oxygen atoms in total. The maximum absolute atomic E-state index is 13.2. The molecule has 2 aliphatic rings. The number of amides is 2. The van der Waals surface area contributed by atoms with Gasteiger partial charge in [0.25, 0.3) is 0 Å². The lowest BCUT2D eigenvalue weighted by atomic mass is 10.1. The fourth-order valence-corrected chi connectivity index (χ4v) is 5.00. The monoisotopic (exact) mass is 448 g/mol. The number of rotatable bonds is 5. The minimum Gasteiger partial charge on any atom is -0.368 e. The molecule has 0 unspecified atom stereocenters. The molecule has 0 bridgehead atoms. The predicted octanol–water partition coefficient (Wildman–Crippen LogP) is 3.36. The summed E-state index contributed by atoms with van der Waals surface area (Å²) in [5, 5.41) is 1.20. The van der Waals surface area contributed by atoms with Crippen LogP contribution in [0.3, 0.4) is 0 Å². The average Bonchev–Trinajstić information content (AvgIpc) is 3.40. The molecule has 5 rings (SSSR count). The third kappa shape index (κ3) is 4.45. The van der Waals surface area contributed by atoms with E-state index in [2.05, 4.69) is 35.0 Å². The number of carbonyl (C=O) groups excluding carboxylic acids is 2. The van der Waals surface area contributed by atoms with Crippen LogP contribution in [0.2, 0.25) is 0 Å². The van der Waals surface area contributed by atoms with Crippen LogP contribution in [0.5, 0.6) is 0 Å². The van der Waals surface area contributed by atoms with Crippen molar-refractivity contribution in [3.63, 3.8) is 0 Å². The van der Waals surface area contributed by atoms with Crippen molar-refractivity contribution < 1.29 is 14.0 Å². The summed E-state index contributed by atoms with van der Waals surface area (Å²) < 4.78 is 13.2. The first-order valence-electron chi connectivity index (χ1n) is 11.6. The Kier molecular flexibility index (Phi) is 5.79. The largest absolute Gasteiger partial charge is 0.368 e. The van der Waals surface area contributed by atoms with Crippen molar-refractivity contribution in [1.82, 2.24) is 14.8 Å². The van der Waals surface area contributed by atoms with Gasteiger partial charge in [-0.1, -0.05) is 11.6 Å². The summed E-state index contributed by atoms with van der Waals surface area (Å²) in [5.74, 6) is -0.371. The lowest BCUT2D eigenvalue weighted by Gasteiger charge is -2.37. The lowest BCUT2D eigenvalue weighted by molar-refractivity contribution is -0.136. The summed E-state index contributed by atoms with van der Waals surface area (Å²) in [7, 11) is 0. The minimum absolute atomic E-state index is 0.0642. The Morgan fingerprint density at radius 3 is 2.61 bits per heavy atom. The number of fused-ring (bicyclic) bond motifs is 1. The molecule has 1 atom stereocenters. The fourth-order valence-electron chi connectivity index (χ4n) is 5.00. The number of aromatic nitrogens is 1. The number of nitrogens with zero attached hydrogens (tertiary/aromatic N) is 3. The van der Waals surface area contributed by atoms with E-state index in [9.17, 15) is 14.0 Å². The second-order valence-electron chi connectivity index (χ2n) is 9.14. The number of likely N-dealkylation sites (tertiary alicyclic amines) is 1. The second kappa shape index (κ2) is 8.89. The van der Waals surface area contributed by atoms with Crippen LogP contribution in [0.15, 0.2) is 48.7 Å². The third-order valence-corrected chi connectivity index (χ3v) is 6.92. The number of anilines is 1. The third-order valence-electron chi connectivity index (χ3n) is 6.92. The van der Waals surface area contributed by atoms with E-state index < -0.39 is 0 Å². The molecule has 2 amide bonds.